The summed E-state index contributed by atoms with van der Waals surface area (Å²) in [4.78, 5) is 26.6. The van der Waals surface area contributed by atoms with Gasteiger partial charge in [-0.25, -0.2) is 13.2 Å². The Bertz CT molecular complexity index is 1850. The van der Waals surface area contributed by atoms with Gasteiger partial charge in [-0.1, -0.05) is 95.5 Å². The van der Waals surface area contributed by atoms with Crippen molar-refractivity contribution in [1.29, 1.82) is 0 Å². The normalized spacial score (nSPS) is 11.3. The first kappa shape index (κ1) is 27.7. The summed E-state index contributed by atoms with van der Waals surface area (Å²) in [6, 6.07) is 28.0. The average molecular weight is 611 g/mol. The zero-order valence-electron chi connectivity index (χ0n) is 20.4. The van der Waals surface area contributed by atoms with Crippen LogP contribution in [0.2, 0.25) is 15.1 Å². The van der Waals surface area contributed by atoms with Gasteiger partial charge in [0.15, 0.2) is 5.75 Å². The number of halogens is 3. The van der Waals surface area contributed by atoms with Crippen LogP contribution in [-0.4, -0.2) is 20.3 Å². The maximum absolute atomic E-state index is 14.1. The molecule has 0 unspecified atom stereocenters. The maximum Gasteiger partial charge on any atom is 0.343 e. The van der Waals surface area contributed by atoms with Crippen LogP contribution < -0.4 is 9.04 Å². The van der Waals surface area contributed by atoms with Crippen molar-refractivity contribution in [3.8, 4) is 5.75 Å². The van der Waals surface area contributed by atoms with E-state index in [1.54, 1.807) is 72.8 Å². The molecule has 0 saturated carbocycles. The van der Waals surface area contributed by atoms with E-state index in [2.05, 4.69) is 0 Å². The lowest BCUT2D eigenvalue weighted by atomic mass is 10.1. The highest BCUT2D eigenvalue weighted by atomic mass is 35.5. The van der Waals surface area contributed by atoms with Gasteiger partial charge in [-0.05, 0) is 48.5 Å². The molecule has 5 aromatic rings. The minimum Gasteiger partial charge on any atom is -0.421 e. The summed E-state index contributed by atoms with van der Waals surface area (Å²) in [6.07, 6.45) is 0. The Morgan fingerprint density at radius 1 is 0.625 bits per heavy atom. The molecule has 40 heavy (non-hydrogen) atoms. The van der Waals surface area contributed by atoms with Gasteiger partial charge in [0.05, 0.1) is 21.2 Å². The molecule has 6 nitrogen and oxygen atoms in total. The second kappa shape index (κ2) is 11.3. The van der Waals surface area contributed by atoms with Crippen LogP contribution in [-0.2, 0) is 10.0 Å². The van der Waals surface area contributed by atoms with Crippen LogP contribution in [0.5, 0.6) is 5.75 Å². The number of carbonyl (C=O) groups is 2. The van der Waals surface area contributed by atoms with Gasteiger partial charge in [-0.2, -0.15) is 4.31 Å². The Kier molecular flexibility index (Phi) is 7.83. The Morgan fingerprint density at radius 2 is 1.15 bits per heavy atom. The van der Waals surface area contributed by atoms with Crippen LogP contribution in [0, 0.1) is 0 Å². The quantitative estimate of drug-likeness (QED) is 0.144. The Balaban J connectivity index is 1.76. The molecule has 0 spiro atoms. The second-order valence-electron chi connectivity index (χ2n) is 8.50. The molecule has 0 saturated heterocycles. The Hall–Kier alpha value is -3.88. The summed E-state index contributed by atoms with van der Waals surface area (Å²) in [5, 5.41) is 0.272. The van der Waals surface area contributed by atoms with Crippen molar-refractivity contribution in [3.63, 3.8) is 0 Å². The van der Waals surface area contributed by atoms with Crippen molar-refractivity contribution >= 4 is 73.2 Å². The SMILES string of the molecule is O=C(Oc1c(Cl)c(Cl)c(N(C(=O)c2ccccc2)S(=O)(=O)c2ccc(Cl)cc2)c2ccccc12)c1ccccc1. The summed E-state index contributed by atoms with van der Waals surface area (Å²) in [5.41, 5.74) is 0.176. The molecule has 5 rings (SSSR count). The Labute approximate surface area is 245 Å². The van der Waals surface area contributed by atoms with Crippen LogP contribution >= 0.6 is 34.8 Å². The van der Waals surface area contributed by atoms with Crippen LogP contribution in [0.3, 0.4) is 0 Å². The van der Waals surface area contributed by atoms with E-state index in [1.165, 1.54) is 36.4 Å². The van der Waals surface area contributed by atoms with Crippen LogP contribution in [0.4, 0.5) is 5.69 Å². The van der Waals surface area contributed by atoms with Crippen molar-refractivity contribution in [2.24, 2.45) is 0 Å². The lowest BCUT2D eigenvalue weighted by Crippen LogP contribution is -2.37. The van der Waals surface area contributed by atoms with Crippen molar-refractivity contribution in [2.45, 2.75) is 4.90 Å². The van der Waals surface area contributed by atoms with Crippen molar-refractivity contribution < 1.29 is 22.7 Å². The molecule has 0 fully saturated rings. The predicted octanol–water partition coefficient (Wildman–Crippen LogP) is 8.05. The lowest BCUT2D eigenvalue weighted by Gasteiger charge is -2.26. The molecule has 0 atom stereocenters. The summed E-state index contributed by atoms with van der Waals surface area (Å²) in [5.74, 6) is -1.63. The van der Waals surface area contributed by atoms with E-state index in [0.717, 1.165) is 0 Å². The highest BCUT2D eigenvalue weighted by Gasteiger charge is 2.36. The van der Waals surface area contributed by atoms with Crippen LogP contribution in [0.25, 0.3) is 10.8 Å². The van der Waals surface area contributed by atoms with E-state index >= 15 is 0 Å². The molecule has 0 aliphatic heterocycles. The molecule has 0 N–H and O–H groups in total. The number of rotatable bonds is 6. The predicted molar refractivity (Wildman–Crippen MR) is 157 cm³/mol. The fourth-order valence-electron chi connectivity index (χ4n) is 4.09. The number of fused-ring (bicyclic) bond motifs is 1. The van der Waals surface area contributed by atoms with Crippen LogP contribution in [0.1, 0.15) is 20.7 Å². The highest BCUT2D eigenvalue weighted by Crippen LogP contribution is 2.48. The van der Waals surface area contributed by atoms with Gasteiger partial charge in [-0.3, -0.25) is 4.79 Å². The van der Waals surface area contributed by atoms with E-state index < -0.39 is 21.9 Å². The first-order valence-corrected chi connectivity index (χ1v) is 14.3. The number of benzene rings is 5. The molecule has 200 valence electrons. The largest absolute Gasteiger partial charge is 0.421 e. The minimum atomic E-state index is -4.55. The molecule has 1 amide bonds. The van der Waals surface area contributed by atoms with E-state index in [0.29, 0.717) is 9.33 Å². The fourth-order valence-corrected chi connectivity index (χ4v) is 6.22. The zero-order chi connectivity index (χ0) is 28.4. The molecular weight excluding hydrogens is 593 g/mol. The second-order valence-corrected chi connectivity index (χ2v) is 11.5. The number of sulfonamides is 1. The molecule has 0 aromatic heterocycles. The average Bonchev–Trinajstić information content (AvgIpc) is 2.98. The van der Waals surface area contributed by atoms with Gasteiger partial charge in [0.25, 0.3) is 15.9 Å². The van der Waals surface area contributed by atoms with E-state index in [-0.39, 0.29) is 48.3 Å². The van der Waals surface area contributed by atoms with Gasteiger partial charge in [0.2, 0.25) is 0 Å². The summed E-state index contributed by atoms with van der Waals surface area (Å²) < 4.78 is 34.5. The number of hydrogen-bond donors (Lipinski definition) is 0. The third-order valence-electron chi connectivity index (χ3n) is 5.99. The lowest BCUT2D eigenvalue weighted by molar-refractivity contribution is 0.0737. The van der Waals surface area contributed by atoms with Crippen molar-refractivity contribution in [1.82, 2.24) is 0 Å². The number of hydrogen-bond acceptors (Lipinski definition) is 5. The van der Waals surface area contributed by atoms with E-state index in [9.17, 15) is 18.0 Å². The van der Waals surface area contributed by atoms with Gasteiger partial charge < -0.3 is 4.74 Å². The molecule has 5 aromatic carbocycles. The Morgan fingerprint density at radius 3 is 1.75 bits per heavy atom. The molecule has 0 aliphatic carbocycles. The number of carbonyl (C=O) groups excluding carboxylic acids is 2. The topological polar surface area (TPSA) is 80.8 Å². The minimum absolute atomic E-state index is 0.0733. The summed E-state index contributed by atoms with van der Waals surface area (Å²) in [7, 11) is -4.55. The fraction of sp³-hybridized carbons (Fsp3) is 0. The molecule has 0 radical (unpaired) electrons. The van der Waals surface area contributed by atoms with Crippen molar-refractivity contribution in [2.75, 3.05) is 4.31 Å². The standard InChI is InChI=1S/C30H18Cl3NO5S/c31-21-15-17-22(18-16-21)40(37,38)34(29(35)19-9-3-1-4-10-19)27-23-13-7-8-14-24(23)28(26(33)25(27)32)39-30(36)20-11-5-2-6-12-20/h1-18H. The monoisotopic (exact) mass is 609 g/mol. The molecule has 0 aliphatic rings. The van der Waals surface area contributed by atoms with E-state index in [4.69, 9.17) is 39.5 Å². The number of ether oxygens (including phenoxy) is 1. The number of amides is 1. The smallest absolute Gasteiger partial charge is 0.343 e. The highest BCUT2D eigenvalue weighted by molar-refractivity contribution is 7.93. The van der Waals surface area contributed by atoms with Crippen molar-refractivity contribution in [3.05, 3.63) is 135 Å². The summed E-state index contributed by atoms with van der Waals surface area (Å²) in [6.45, 7) is 0. The summed E-state index contributed by atoms with van der Waals surface area (Å²) >= 11 is 19.4. The van der Waals surface area contributed by atoms with Gasteiger partial charge in [0.1, 0.15) is 5.02 Å². The first-order valence-electron chi connectivity index (χ1n) is 11.8. The number of nitrogens with zero attached hydrogens (tertiary/aromatic N) is 1. The maximum atomic E-state index is 14.1. The molecule has 10 heteroatoms. The first-order chi connectivity index (χ1) is 19.2. The van der Waals surface area contributed by atoms with E-state index in [1.807, 2.05) is 0 Å². The van der Waals surface area contributed by atoms with Gasteiger partial charge in [0, 0.05) is 21.4 Å². The molecule has 0 bridgehead atoms. The molecule has 0 heterocycles. The number of esters is 1. The van der Waals surface area contributed by atoms with Gasteiger partial charge in [-0.15, -0.1) is 0 Å². The number of anilines is 1. The molecular formula is C30H18Cl3NO5S. The van der Waals surface area contributed by atoms with Crippen LogP contribution in [0.15, 0.2) is 114 Å². The zero-order valence-corrected chi connectivity index (χ0v) is 23.5. The van der Waals surface area contributed by atoms with Gasteiger partial charge >= 0.3 is 5.97 Å². The third kappa shape index (κ3) is 5.17. The third-order valence-corrected chi connectivity index (χ3v) is 8.77.